The van der Waals surface area contributed by atoms with E-state index in [-0.39, 0.29) is 0 Å². The number of halogens is 1. The average molecular weight is 554 g/mol. The van der Waals surface area contributed by atoms with E-state index >= 15 is 0 Å². The number of methoxy groups -OCH3 is 2. The van der Waals surface area contributed by atoms with Gasteiger partial charge < -0.3 is 29.6 Å². The minimum atomic E-state index is -0.763. The first-order valence-electron chi connectivity index (χ1n) is 14.0. The van der Waals surface area contributed by atoms with Crippen LogP contribution in [0.4, 0.5) is 0 Å². The number of allylic oxidation sites excluding steroid dienone is 4. The van der Waals surface area contributed by atoms with E-state index in [1.54, 1.807) is 14.2 Å². The summed E-state index contributed by atoms with van der Waals surface area (Å²) in [7, 11) is 3.39. The molecule has 0 spiro atoms. The summed E-state index contributed by atoms with van der Waals surface area (Å²) in [5, 5.41) is 7.27. The van der Waals surface area contributed by atoms with Crippen molar-refractivity contribution >= 4 is 17.2 Å². The molecule has 2 aromatic rings. The second kappa shape index (κ2) is 13.3. The molecule has 1 unspecified atom stereocenters. The number of hydrogen-bond donors (Lipinski definition) is 2. The van der Waals surface area contributed by atoms with E-state index in [0.29, 0.717) is 30.9 Å². The number of rotatable bonds is 10. The number of pyridine rings is 1. The Morgan fingerprint density at radius 3 is 2.18 bits per heavy atom. The minimum Gasteiger partial charge on any atom is -0.496 e. The van der Waals surface area contributed by atoms with Crippen LogP contribution in [0.1, 0.15) is 54.5 Å². The van der Waals surface area contributed by atoms with Gasteiger partial charge in [0.25, 0.3) is 0 Å². The first-order chi connectivity index (χ1) is 19.1. The molecule has 3 heterocycles. The summed E-state index contributed by atoms with van der Waals surface area (Å²) in [4.78, 5) is 4.09. The standard InChI is InChI=1S/C31H40ClN3O4/c1-36-28-18-22(5-6-24(28)20-33-26-9-14-38-15-10-26)23-4-3-13-31(32,19-23)29-8-7-25(30(35-29)37-2)21-34-27-11-16-39-17-12-27/h3-8,13,18,26-27,33-34H,9-12,14-17,19-21H2,1-2H3. The number of aromatic nitrogens is 1. The van der Waals surface area contributed by atoms with Gasteiger partial charge in [-0.05, 0) is 49.0 Å². The van der Waals surface area contributed by atoms with Crippen LogP contribution in [0.2, 0.25) is 0 Å². The van der Waals surface area contributed by atoms with Crippen LogP contribution in [-0.4, -0.2) is 57.7 Å². The number of nitrogens with one attached hydrogen (secondary N) is 2. The van der Waals surface area contributed by atoms with Gasteiger partial charge in [-0.15, -0.1) is 11.6 Å². The Kier molecular flexibility index (Phi) is 9.58. The predicted molar refractivity (Wildman–Crippen MR) is 154 cm³/mol. The lowest BCUT2D eigenvalue weighted by Gasteiger charge is -2.28. The molecule has 0 saturated carbocycles. The van der Waals surface area contributed by atoms with Crippen molar-refractivity contribution in [3.63, 3.8) is 0 Å². The summed E-state index contributed by atoms with van der Waals surface area (Å²) in [6.07, 6.45) is 10.9. The minimum absolute atomic E-state index is 0.456. The fourth-order valence-corrected chi connectivity index (χ4v) is 5.82. The molecule has 0 radical (unpaired) electrons. The van der Waals surface area contributed by atoms with Gasteiger partial charge in [-0.3, -0.25) is 0 Å². The van der Waals surface area contributed by atoms with E-state index in [9.17, 15) is 0 Å². The molecule has 2 N–H and O–H groups in total. The van der Waals surface area contributed by atoms with Gasteiger partial charge in [-0.2, -0.15) is 0 Å². The van der Waals surface area contributed by atoms with Crippen molar-refractivity contribution in [3.8, 4) is 11.6 Å². The molecule has 1 aromatic carbocycles. The van der Waals surface area contributed by atoms with Gasteiger partial charge in [-0.25, -0.2) is 4.98 Å². The Morgan fingerprint density at radius 2 is 1.54 bits per heavy atom. The Labute approximate surface area is 236 Å². The van der Waals surface area contributed by atoms with Crippen LogP contribution in [0.5, 0.6) is 11.6 Å². The summed E-state index contributed by atoms with van der Waals surface area (Å²) in [5.41, 5.74) is 5.19. The van der Waals surface area contributed by atoms with Crippen LogP contribution >= 0.6 is 11.6 Å². The monoisotopic (exact) mass is 553 g/mol. The van der Waals surface area contributed by atoms with E-state index in [4.69, 9.17) is 35.5 Å². The molecule has 8 heteroatoms. The topological polar surface area (TPSA) is 73.9 Å². The van der Waals surface area contributed by atoms with Gasteiger partial charge in [0.15, 0.2) is 0 Å². The van der Waals surface area contributed by atoms with E-state index in [0.717, 1.165) is 92.4 Å². The third-order valence-corrected chi connectivity index (χ3v) is 8.38. The van der Waals surface area contributed by atoms with Crippen molar-refractivity contribution in [1.82, 2.24) is 15.6 Å². The molecule has 1 aliphatic carbocycles. The fourth-order valence-electron chi connectivity index (χ4n) is 5.50. The molecule has 7 nitrogen and oxygen atoms in total. The molecule has 210 valence electrons. The third-order valence-electron chi connectivity index (χ3n) is 7.93. The zero-order valence-corrected chi connectivity index (χ0v) is 23.8. The smallest absolute Gasteiger partial charge is 0.217 e. The van der Waals surface area contributed by atoms with Gasteiger partial charge in [0.1, 0.15) is 10.6 Å². The second-order valence-electron chi connectivity index (χ2n) is 10.5. The molecular weight excluding hydrogens is 514 g/mol. The highest BCUT2D eigenvalue weighted by molar-refractivity contribution is 6.26. The maximum absolute atomic E-state index is 7.24. The number of nitrogens with zero attached hydrogens (tertiary/aromatic N) is 1. The highest BCUT2D eigenvalue weighted by Gasteiger charge is 2.33. The van der Waals surface area contributed by atoms with Crippen LogP contribution < -0.4 is 20.1 Å². The summed E-state index contributed by atoms with van der Waals surface area (Å²) < 4.78 is 22.4. The van der Waals surface area contributed by atoms with Crippen LogP contribution in [0.15, 0.2) is 48.6 Å². The van der Waals surface area contributed by atoms with Crippen molar-refractivity contribution in [2.45, 2.75) is 62.2 Å². The molecular formula is C31H40ClN3O4. The van der Waals surface area contributed by atoms with Gasteiger partial charge in [0.2, 0.25) is 5.88 Å². The van der Waals surface area contributed by atoms with Crippen molar-refractivity contribution in [2.75, 3.05) is 40.6 Å². The molecule has 0 amide bonds. The zero-order chi connectivity index (χ0) is 27.1. The van der Waals surface area contributed by atoms with E-state index < -0.39 is 4.87 Å². The Bertz CT molecular complexity index is 1170. The molecule has 1 atom stereocenters. The third kappa shape index (κ3) is 7.02. The van der Waals surface area contributed by atoms with Gasteiger partial charge in [0, 0.05) is 69.1 Å². The maximum Gasteiger partial charge on any atom is 0.217 e. The molecule has 0 bridgehead atoms. The first-order valence-corrected chi connectivity index (χ1v) is 14.4. The van der Waals surface area contributed by atoms with E-state index in [2.05, 4.69) is 41.0 Å². The lowest BCUT2D eigenvalue weighted by molar-refractivity contribution is 0.0774. The molecule has 3 aliphatic rings. The van der Waals surface area contributed by atoms with Gasteiger partial charge in [-0.1, -0.05) is 36.4 Å². The molecule has 2 saturated heterocycles. The SMILES string of the molecule is COc1cc(C2=CC=CC(Cl)(c3ccc(CNC4CCOCC4)c(OC)n3)C2)ccc1CNC1CCOCC1. The van der Waals surface area contributed by atoms with Crippen LogP contribution in [0.3, 0.4) is 0 Å². The molecule has 5 rings (SSSR count). The zero-order valence-electron chi connectivity index (χ0n) is 23.0. The number of ether oxygens (including phenoxy) is 4. The van der Waals surface area contributed by atoms with Crippen molar-refractivity contribution in [3.05, 3.63) is 70.9 Å². The van der Waals surface area contributed by atoms with Crippen molar-refractivity contribution < 1.29 is 18.9 Å². The molecule has 1 aromatic heterocycles. The largest absolute Gasteiger partial charge is 0.496 e. The fraction of sp³-hybridized carbons (Fsp3) is 0.516. The van der Waals surface area contributed by atoms with Crippen LogP contribution in [0, 0.1) is 0 Å². The van der Waals surface area contributed by atoms with Crippen molar-refractivity contribution in [2.24, 2.45) is 0 Å². The highest BCUT2D eigenvalue weighted by Crippen LogP contribution is 2.43. The summed E-state index contributed by atoms with van der Waals surface area (Å²) in [6.45, 7) is 4.74. The number of benzene rings is 1. The Hall–Kier alpha value is -2.42. The Balaban J connectivity index is 1.27. The summed E-state index contributed by atoms with van der Waals surface area (Å²) in [6, 6.07) is 11.5. The lowest BCUT2D eigenvalue weighted by Crippen LogP contribution is -2.34. The van der Waals surface area contributed by atoms with Crippen LogP contribution in [-0.2, 0) is 27.4 Å². The van der Waals surface area contributed by atoms with Crippen molar-refractivity contribution in [1.29, 1.82) is 0 Å². The molecule has 2 fully saturated rings. The summed E-state index contributed by atoms with van der Waals surface area (Å²) >= 11 is 7.24. The first kappa shape index (κ1) is 28.1. The van der Waals surface area contributed by atoms with E-state index in [1.807, 2.05) is 18.2 Å². The van der Waals surface area contributed by atoms with Gasteiger partial charge >= 0.3 is 0 Å². The molecule has 39 heavy (non-hydrogen) atoms. The van der Waals surface area contributed by atoms with Crippen LogP contribution in [0.25, 0.3) is 5.57 Å². The highest BCUT2D eigenvalue weighted by atomic mass is 35.5. The maximum atomic E-state index is 7.24. The number of alkyl halides is 1. The van der Waals surface area contributed by atoms with Gasteiger partial charge in [0.05, 0.1) is 19.9 Å². The summed E-state index contributed by atoms with van der Waals surface area (Å²) in [5.74, 6) is 1.49. The van der Waals surface area contributed by atoms with E-state index in [1.165, 1.54) is 0 Å². The predicted octanol–water partition coefficient (Wildman–Crippen LogP) is 5.11. The number of hydrogen-bond acceptors (Lipinski definition) is 7. The second-order valence-corrected chi connectivity index (χ2v) is 11.2. The Morgan fingerprint density at radius 1 is 0.897 bits per heavy atom. The lowest BCUT2D eigenvalue weighted by atomic mass is 9.86. The molecule has 2 aliphatic heterocycles. The quantitative estimate of drug-likeness (QED) is 0.396. The average Bonchev–Trinajstić information content (AvgIpc) is 3.00. The normalized spacial score (nSPS) is 22.5.